The van der Waals surface area contributed by atoms with Crippen LogP contribution in [-0.4, -0.2) is 28.5 Å². The Balaban J connectivity index is 1.88. The number of esters is 1. The Kier molecular flexibility index (Phi) is 5.48. The van der Waals surface area contributed by atoms with Crippen molar-refractivity contribution >= 4 is 55.2 Å². The van der Waals surface area contributed by atoms with Crippen molar-refractivity contribution in [3.8, 4) is 0 Å². The maximum absolute atomic E-state index is 12.3. The number of aryl methyl sites for hydroxylation is 1. The van der Waals surface area contributed by atoms with Crippen molar-refractivity contribution < 1.29 is 14.3 Å². The maximum atomic E-state index is 12.3. The molecule has 0 saturated carbocycles. The van der Waals surface area contributed by atoms with E-state index in [0.29, 0.717) is 43.1 Å². The van der Waals surface area contributed by atoms with Crippen LogP contribution in [0.25, 0.3) is 10.2 Å². The van der Waals surface area contributed by atoms with Crippen LogP contribution in [0.3, 0.4) is 0 Å². The summed E-state index contributed by atoms with van der Waals surface area (Å²) in [6.45, 7) is 3.85. The number of ether oxygens (including phenoxy) is 1. The van der Waals surface area contributed by atoms with E-state index in [-0.39, 0.29) is 5.91 Å². The van der Waals surface area contributed by atoms with Gasteiger partial charge in [0, 0.05) is 4.47 Å². The molecule has 3 aromatic rings. The average Bonchev–Trinajstić information content (AvgIpc) is 2.98. The third kappa shape index (κ3) is 3.54. The van der Waals surface area contributed by atoms with E-state index in [0.717, 1.165) is 0 Å². The highest BCUT2D eigenvalue weighted by Crippen LogP contribution is 2.33. The van der Waals surface area contributed by atoms with E-state index < -0.39 is 5.97 Å². The molecule has 0 radical (unpaired) electrons. The summed E-state index contributed by atoms with van der Waals surface area (Å²) in [5.41, 5.74) is 6.64. The second kappa shape index (κ2) is 7.79. The van der Waals surface area contributed by atoms with Crippen LogP contribution in [0.1, 0.15) is 32.5 Å². The van der Waals surface area contributed by atoms with E-state index in [4.69, 9.17) is 4.74 Å². The number of hydrazine groups is 1. The molecule has 0 aliphatic carbocycles. The molecule has 0 aliphatic heterocycles. The summed E-state index contributed by atoms with van der Waals surface area (Å²) in [6, 6.07) is 7.09. The van der Waals surface area contributed by atoms with E-state index >= 15 is 0 Å². The molecule has 7 nitrogen and oxygen atoms in total. The van der Waals surface area contributed by atoms with Gasteiger partial charge in [-0.15, -0.1) is 11.3 Å². The molecule has 0 bridgehead atoms. The van der Waals surface area contributed by atoms with Gasteiger partial charge >= 0.3 is 5.97 Å². The van der Waals surface area contributed by atoms with Gasteiger partial charge in [0.15, 0.2) is 5.82 Å². The summed E-state index contributed by atoms with van der Waals surface area (Å²) in [7, 11) is 0. The Morgan fingerprint density at radius 1 is 1.27 bits per heavy atom. The summed E-state index contributed by atoms with van der Waals surface area (Å²) >= 11 is 4.58. The lowest BCUT2D eigenvalue weighted by Crippen LogP contribution is -2.30. The Hall–Kier alpha value is -2.52. The summed E-state index contributed by atoms with van der Waals surface area (Å²) < 4.78 is 5.76. The number of hydrogen-bond acceptors (Lipinski definition) is 7. The molecule has 3 rings (SSSR count). The Morgan fingerprint density at radius 2 is 2.04 bits per heavy atom. The molecule has 0 aliphatic rings. The number of amides is 1. The minimum atomic E-state index is -0.392. The fourth-order valence-corrected chi connectivity index (χ4v) is 3.89. The lowest BCUT2D eigenvalue weighted by molar-refractivity contribution is 0.0531. The number of aromatic nitrogens is 2. The second-order valence-electron chi connectivity index (χ2n) is 5.24. The number of nitrogens with zero attached hydrogens (tertiary/aromatic N) is 2. The maximum Gasteiger partial charge on any atom is 0.348 e. The number of anilines is 1. The van der Waals surface area contributed by atoms with Crippen molar-refractivity contribution in [3.63, 3.8) is 0 Å². The van der Waals surface area contributed by atoms with E-state index in [1.54, 1.807) is 32.0 Å². The number of hydrogen-bond donors (Lipinski definition) is 2. The van der Waals surface area contributed by atoms with Crippen LogP contribution in [0, 0.1) is 6.92 Å². The third-order valence-corrected chi connectivity index (χ3v) is 5.47. The van der Waals surface area contributed by atoms with Crippen molar-refractivity contribution in [2.75, 3.05) is 12.0 Å². The molecule has 9 heteroatoms. The van der Waals surface area contributed by atoms with Crippen LogP contribution in [0.2, 0.25) is 0 Å². The molecule has 0 spiro atoms. The van der Waals surface area contributed by atoms with Gasteiger partial charge in [-0.3, -0.25) is 15.6 Å². The number of carbonyl (C=O) groups is 2. The lowest BCUT2D eigenvalue weighted by atomic mass is 10.2. The molecule has 0 saturated heterocycles. The predicted octanol–water partition coefficient (Wildman–Crippen LogP) is 3.70. The number of rotatable bonds is 5. The highest BCUT2D eigenvalue weighted by Gasteiger charge is 2.20. The third-order valence-electron chi connectivity index (χ3n) is 3.60. The number of halogens is 1. The van der Waals surface area contributed by atoms with Crippen LogP contribution in [-0.2, 0) is 4.74 Å². The molecule has 1 aromatic carbocycles. The van der Waals surface area contributed by atoms with Crippen LogP contribution in [0.4, 0.5) is 5.82 Å². The first-order valence-corrected chi connectivity index (χ1v) is 9.36. The summed E-state index contributed by atoms with van der Waals surface area (Å²) in [5.74, 6) is -0.293. The van der Waals surface area contributed by atoms with E-state index in [9.17, 15) is 9.59 Å². The van der Waals surface area contributed by atoms with Crippen LogP contribution < -0.4 is 10.9 Å². The minimum Gasteiger partial charge on any atom is -0.462 e. The zero-order valence-electron chi connectivity index (χ0n) is 14.0. The predicted molar refractivity (Wildman–Crippen MR) is 103 cm³/mol. The van der Waals surface area contributed by atoms with E-state index in [1.807, 2.05) is 6.07 Å². The van der Waals surface area contributed by atoms with Crippen molar-refractivity contribution in [1.82, 2.24) is 15.4 Å². The van der Waals surface area contributed by atoms with Crippen molar-refractivity contribution in [2.45, 2.75) is 13.8 Å². The van der Waals surface area contributed by atoms with Crippen LogP contribution in [0.15, 0.2) is 35.1 Å². The Bertz CT molecular complexity index is 989. The molecule has 26 heavy (non-hydrogen) atoms. The fourth-order valence-electron chi connectivity index (χ4n) is 2.39. The lowest BCUT2D eigenvalue weighted by Gasteiger charge is -2.10. The highest BCUT2D eigenvalue weighted by molar-refractivity contribution is 9.10. The summed E-state index contributed by atoms with van der Waals surface area (Å²) in [5, 5.41) is 0.674. The number of fused-ring (bicyclic) bond motifs is 1. The average molecular weight is 435 g/mol. The SMILES string of the molecule is CCOC(=O)c1sc2ncnc(NNC(=O)c3ccccc3Br)c2c1C. The monoisotopic (exact) mass is 434 g/mol. The van der Waals surface area contributed by atoms with Crippen molar-refractivity contribution in [1.29, 1.82) is 0 Å². The minimum absolute atomic E-state index is 0.297. The van der Waals surface area contributed by atoms with Crippen LogP contribution >= 0.6 is 27.3 Å². The quantitative estimate of drug-likeness (QED) is 0.469. The molecular weight excluding hydrogens is 420 g/mol. The summed E-state index contributed by atoms with van der Waals surface area (Å²) in [4.78, 5) is 33.9. The van der Waals surface area contributed by atoms with Gasteiger partial charge in [-0.25, -0.2) is 14.8 Å². The number of benzene rings is 1. The standard InChI is InChI=1S/C17H15BrN4O3S/c1-3-25-17(24)13-9(2)12-14(19-8-20-16(12)26-13)21-22-15(23)10-6-4-5-7-11(10)18/h4-8H,3H2,1-2H3,(H,22,23)(H,19,20,21). The zero-order chi connectivity index (χ0) is 18.7. The van der Waals surface area contributed by atoms with Crippen molar-refractivity contribution in [2.24, 2.45) is 0 Å². The van der Waals surface area contributed by atoms with Gasteiger partial charge in [0.25, 0.3) is 5.91 Å². The molecule has 0 atom stereocenters. The second-order valence-corrected chi connectivity index (χ2v) is 7.09. The van der Waals surface area contributed by atoms with Gasteiger partial charge < -0.3 is 4.74 Å². The van der Waals surface area contributed by atoms with Crippen LogP contribution in [0.5, 0.6) is 0 Å². The first kappa shape index (κ1) is 18.3. The normalized spacial score (nSPS) is 10.6. The molecule has 2 aromatic heterocycles. The molecule has 2 heterocycles. The van der Waals surface area contributed by atoms with E-state index in [1.165, 1.54) is 17.7 Å². The highest BCUT2D eigenvalue weighted by atomic mass is 79.9. The molecular formula is C17H15BrN4O3S. The topological polar surface area (TPSA) is 93.2 Å². The first-order chi connectivity index (χ1) is 12.5. The largest absolute Gasteiger partial charge is 0.462 e. The first-order valence-electron chi connectivity index (χ1n) is 7.75. The number of thiophene rings is 1. The zero-order valence-corrected chi connectivity index (χ0v) is 16.4. The molecule has 1 amide bonds. The van der Waals surface area contributed by atoms with Gasteiger partial charge in [0.2, 0.25) is 0 Å². The summed E-state index contributed by atoms with van der Waals surface area (Å²) in [6.07, 6.45) is 1.38. The molecule has 2 N–H and O–H groups in total. The number of nitrogens with one attached hydrogen (secondary N) is 2. The fraction of sp³-hybridized carbons (Fsp3) is 0.176. The van der Waals surface area contributed by atoms with Gasteiger partial charge in [-0.1, -0.05) is 12.1 Å². The molecule has 0 unspecified atom stereocenters. The van der Waals surface area contributed by atoms with E-state index in [2.05, 4.69) is 36.7 Å². The van der Waals surface area contributed by atoms with Gasteiger partial charge in [-0.05, 0) is 47.5 Å². The smallest absolute Gasteiger partial charge is 0.348 e. The number of carbonyl (C=O) groups excluding carboxylic acids is 2. The molecule has 0 fully saturated rings. The van der Waals surface area contributed by atoms with Gasteiger partial charge in [-0.2, -0.15) is 0 Å². The Labute approximate surface area is 161 Å². The Morgan fingerprint density at radius 3 is 2.77 bits per heavy atom. The van der Waals surface area contributed by atoms with Gasteiger partial charge in [0.05, 0.1) is 17.6 Å². The van der Waals surface area contributed by atoms with Gasteiger partial charge in [0.1, 0.15) is 16.0 Å². The van der Waals surface area contributed by atoms with Crippen molar-refractivity contribution in [3.05, 3.63) is 51.1 Å². The molecule has 134 valence electrons.